The average molecular weight is 534 g/mol. The van der Waals surface area contributed by atoms with Gasteiger partial charge in [-0.05, 0) is 57.0 Å². The number of carbonyl (C=O) groups excluding carboxylic acids is 1. The topological polar surface area (TPSA) is 88.8 Å². The zero-order valence-electron chi connectivity index (χ0n) is 20.9. The van der Waals surface area contributed by atoms with E-state index in [9.17, 15) is 4.79 Å². The molecule has 0 aliphatic carbocycles. The third-order valence-electron chi connectivity index (χ3n) is 6.52. The number of benzene rings is 1. The van der Waals surface area contributed by atoms with E-state index >= 15 is 0 Å². The maximum Gasteiger partial charge on any atom is 0.270 e. The van der Waals surface area contributed by atoms with Gasteiger partial charge in [0.15, 0.2) is 11.0 Å². The van der Waals surface area contributed by atoms with Gasteiger partial charge in [-0.1, -0.05) is 36.4 Å². The van der Waals surface area contributed by atoms with Crippen LogP contribution in [0.3, 0.4) is 0 Å². The van der Waals surface area contributed by atoms with Crippen molar-refractivity contribution in [3.8, 4) is 17.1 Å². The number of para-hydroxylation sites is 1. The van der Waals surface area contributed by atoms with Crippen molar-refractivity contribution in [2.75, 3.05) is 19.6 Å². The summed E-state index contributed by atoms with van der Waals surface area (Å²) in [5, 5.41) is 15.4. The highest BCUT2D eigenvalue weighted by Crippen LogP contribution is 2.30. The van der Waals surface area contributed by atoms with E-state index in [4.69, 9.17) is 0 Å². The highest BCUT2D eigenvalue weighted by molar-refractivity contribution is 7.98. The molecule has 10 heteroatoms. The van der Waals surface area contributed by atoms with Crippen molar-refractivity contribution < 1.29 is 4.79 Å². The molecule has 1 aliphatic rings. The van der Waals surface area contributed by atoms with Gasteiger partial charge >= 0.3 is 0 Å². The van der Waals surface area contributed by atoms with E-state index in [1.54, 1.807) is 24.2 Å². The van der Waals surface area contributed by atoms with E-state index in [2.05, 4.69) is 37.3 Å². The molecule has 5 rings (SSSR count). The molecule has 1 fully saturated rings. The summed E-state index contributed by atoms with van der Waals surface area (Å²) in [7, 11) is 0. The van der Waals surface area contributed by atoms with Crippen LogP contribution in [0.15, 0.2) is 65.4 Å². The number of likely N-dealkylation sites (tertiary alicyclic amines) is 1. The monoisotopic (exact) mass is 533 g/mol. The molecule has 1 N–H and O–H groups in total. The third kappa shape index (κ3) is 6.44. The number of amides is 1. The number of thioether (sulfide) groups is 1. The van der Waals surface area contributed by atoms with Crippen LogP contribution in [0.25, 0.3) is 17.1 Å². The van der Waals surface area contributed by atoms with Crippen molar-refractivity contribution in [2.24, 2.45) is 0 Å². The lowest BCUT2D eigenvalue weighted by molar-refractivity contribution is 0.0944. The van der Waals surface area contributed by atoms with Crippen molar-refractivity contribution >= 4 is 29.0 Å². The minimum absolute atomic E-state index is 0.106. The minimum atomic E-state index is -0.106. The summed E-state index contributed by atoms with van der Waals surface area (Å²) in [6.07, 6.45) is 8.37. The fourth-order valence-electron chi connectivity index (χ4n) is 4.53. The summed E-state index contributed by atoms with van der Waals surface area (Å²) < 4.78 is 2.03. The standard InChI is InChI=1S/C27H31N7OS2/c1-20-9-5-6-15-33(20)16-8-14-29-26(35)23-18-36-24(30-23)19-37-27-32-31-25(21-10-7-13-28-17-21)34(27)22-11-3-2-4-12-22/h2-4,7,10-13,17-18,20H,5-6,8-9,14-16,19H2,1H3,(H,29,35). The van der Waals surface area contributed by atoms with Gasteiger partial charge < -0.3 is 10.2 Å². The van der Waals surface area contributed by atoms with Crippen LogP contribution in [0, 0.1) is 0 Å². The van der Waals surface area contributed by atoms with E-state index in [0.717, 1.165) is 40.2 Å². The zero-order valence-corrected chi connectivity index (χ0v) is 22.5. The van der Waals surface area contributed by atoms with Crippen LogP contribution in [-0.4, -0.2) is 61.2 Å². The Kier molecular flexibility index (Phi) is 8.60. The highest BCUT2D eigenvalue weighted by atomic mass is 32.2. The highest BCUT2D eigenvalue weighted by Gasteiger charge is 2.19. The Morgan fingerprint density at radius 3 is 2.86 bits per heavy atom. The Balaban J connectivity index is 1.19. The molecule has 192 valence electrons. The normalized spacial score (nSPS) is 16.1. The average Bonchev–Trinajstić information content (AvgIpc) is 3.59. The van der Waals surface area contributed by atoms with Crippen LogP contribution in [0.1, 0.15) is 48.1 Å². The number of rotatable bonds is 10. The lowest BCUT2D eigenvalue weighted by Crippen LogP contribution is -2.39. The van der Waals surface area contributed by atoms with Crippen LogP contribution in [-0.2, 0) is 5.75 Å². The Morgan fingerprint density at radius 1 is 1.16 bits per heavy atom. The number of nitrogens with zero attached hydrogens (tertiary/aromatic N) is 6. The molecule has 4 aromatic rings. The summed E-state index contributed by atoms with van der Waals surface area (Å²) in [4.78, 5) is 24.0. The van der Waals surface area contributed by atoms with Crippen molar-refractivity contribution in [3.63, 3.8) is 0 Å². The second kappa shape index (κ2) is 12.4. The van der Waals surface area contributed by atoms with Crippen LogP contribution < -0.4 is 5.32 Å². The van der Waals surface area contributed by atoms with E-state index in [1.807, 2.05) is 52.4 Å². The van der Waals surface area contributed by atoms with Crippen molar-refractivity contribution in [1.82, 2.24) is 34.9 Å². The second-order valence-electron chi connectivity index (χ2n) is 9.12. The minimum Gasteiger partial charge on any atom is -0.351 e. The first-order chi connectivity index (χ1) is 18.2. The van der Waals surface area contributed by atoms with Gasteiger partial charge in [0, 0.05) is 48.2 Å². The summed E-state index contributed by atoms with van der Waals surface area (Å²) in [5.74, 6) is 1.23. The third-order valence-corrected chi connectivity index (χ3v) is 8.50. The smallest absolute Gasteiger partial charge is 0.270 e. The van der Waals surface area contributed by atoms with Crippen LogP contribution >= 0.6 is 23.1 Å². The maximum atomic E-state index is 12.6. The summed E-state index contributed by atoms with van der Waals surface area (Å²) >= 11 is 3.05. The molecular weight excluding hydrogens is 502 g/mol. The second-order valence-corrected chi connectivity index (χ2v) is 11.0. The first-order valence-electron chi connectivity index (χ1n) is 12.7. The number of thiazole rings is 1. The SMILES string of the molecule is CC1CCCCN1CCCNC(=O)c1csc(CSc2nnc(-c3cccnc3)n2-c2ccccc2)n1. The maximum absolute atomic E-state index is 12.6. The lowest BCUT2D eigenvalue weighted by Gasteiger charge is -2.33. The zero-order chi connectivity index (χ0) is 25.5. The molecule has 8 nitrogen and oxygen atoms in total. The fourth-order valence-corrected chi connectivity index (χ4v) is 6.27. The molecule has 0 spiro atoms. The van der Waals surface area contributed by atoms with E-state index in [-0.39, 0.29) is 5.91 Å². The number of hydrogen-bond donors (Lipinski definition) is 1. The number of nitrogens with one attached hydrogen (secondary N) is 1. The van der Waals surface area contributed by atoms with Crippen molar-refractivity contribution in [1.29, 1.82) is 0 Å². The summed E-state index contributed by atoms with van der Waals surface area (Å²) in [5.41, 5.74) is 2.35. The van der Waals surface area contributed by atoms with Gasteiger partial charge in [0.05, 0.1) is 5.75 Å². The molecule has 4 heterocycles. The predicted octanol–water partition coefficient (Wildman–Crippen LogP) is 5.07. The number of aromatic nitrogens is 5. The molecular formula is C27H31N7OS2. The Morgan fingerprint density at radius 2 is 2.05 bits per heavy atom. The van der Waals surface area contributed by atoms with Gasteiger partial charge in [-0.15, -0.1) is 21.5 Å². The van der Waals surface area contributed by atoms with Gasteiger partial charge in [0.2, 0.25) is 0 Å². The first-order valence-corrected chi connectivity index (χ1v) is 14.6. The molecule has 37 heavy (non-hydrogen) atoms. The number of piperidine rings is 1. The van der Waals surface area contributed by atoms with Crippen molar-refractivity contribution in [3.05, 3.63) is 70.9 Å². The lowest BCUT2D eigenvalue weighted by atomic mass is 10.0. The molecule has 1 atom stereocenters. The fraction of sp³-hybridized carbons (Fsp3) is 0.370. The molecule has 0 bridgehead atoms. The van der Waals surface area contributed by atoms with Gasteiger partial charge in [0.25, 0.3) is 5.91 Å². The van der Waals surface area contributed by atoms with Gasteiger partial charge in [0.1, 0.15) is 10.7 Å². The van der Waals surface area contributed by atoms with Gasteiger partial charge in [-0.3, -0.25) is 14.3 Å². The molecule has 3 aromatic heterocycles. The largest absolute Gasteiger partial charge is 0.351 e. The van der Waals surface area contributed by atoms with Gasteiger partial charge in [-0.2, -0.15) is 0 Å². The molecule has 1 aromatic carbocycles. The summed E-state index contributed by atoms with van der Waals surface area (Å²) in [6, 6.07) is 14.6. The number of hydrogen-bond acceptors (Lipinski definition) is 8. The Bertz CT molecular complexity index is 1290. The van der Waals surface area contributed by atoms with Gasteiger partial charge in [-0.25, -0.2) is 4.98 Å². The molecule has 1 saturated heterocycles. The van der Waals surface area contributed by atoms with E-state index < -0.39 is 0 Å². The molecule has 1 unspecified atom stereocenters. The summed E-state index contributed by atoms with van der Waals surface area (Å²) in [6.45, 7) is 5.17. The van der Waals surface area contributed by atoms with E-state index in [1.165, 1.54) is 37.1 Å². The van der Waals surface area contributed by atoms with Crippen LogP contribution in [0.4, 0.5) is 0 Å². The molecule has 0 saturated carbocycles. The Labute approximate surface area is 225 Å². The number of carbonyl (C=O) groups is 1. The van der Waals surface area contributed by atoms with Crippen LogP contribution in [0.2, 0.25) is 0 Å². The quantitative estimate of drug-likeness (QED) is 0.225. The molecule has 1 amide bonds. The van der Waals surface area contributed by atoms with Crippen molar-refractivity contribution in [2.45, 2.75) is 49.6 Å². The molecule has 0 radical (unpaired) electrons. The number of pyridine rings is 1. The predicted molar refractivity (Wildman–Crippen MR) is 148 cm³/mol. The first kappa shape index (κ1) is 25.6. The Hall–Kier alpha value is -3.08. The van der Waals surface area contributed by atoms with Crippen LogP contribution in [0.5, 0.6) is 0 Å². The molecule has 1 aliphatic heterocycles. The van der Waals surface area contributed by atoms with E-state index in [0.29, 0.717) is 24.0 Å².